The van der Waals surface area contributed by atoms with Crippen molar-refractivity contribution in [2.24, 2.45) is 0 Å². The highest BCUT2D eigenvalue weighted by atomic mass is 16.2. The maximum atomic E-state index is 13.7. The first-order chi connectivity index (χ1) is 16.6. The second kappa shape index (κ2) is 6.88. The number of hydrogen-bond donors (Lipinski definition) is 0. The molecule has 3 nitrogen and oxygen atoms in total. The maximum Gasteiger partial charge on any atom is 0.265 e. The number of benzene rings is 4. The fourth-order valence-corrected chi connectivity index (χ4v) is 5.74. The zero-order chi connectivity index (χ0) is 23.0. The first-order valence-corrected chi connectivity index (χ1v) is 11.7. The van der Waals surface area contributed by atoms with Crippen LogP contribution in [0, 0.1) is 0 Å². The Morgan fingerprint density at radius 1 is 0.706 bits per heavy atom. The SMILES string of the molecule is CC1C=CCc2c1c(=O)n1c(=O)c3ccccc3c3cc(-c4ccc5ccccc5c4)cc2c31. The summed E-state index contributed by atoms with van der Waals surface area (Å²) in [6.45, 7) is 2.03. The Labute approximate surface area is 195 Å². The van der Waals surface area contributed by atoms with Crippen LogP contribution < -0.4 is 11.1 Å². The lowest BCUT2D eigenvalue weighted by atomic mass is 9.85. The van der Waals surface area contributed by atoms with E-state index in [1.54, 1.807) is 0 Å². The van der Waals surface area contributed by atoms with E-state index in [2.05, 4.69) is 66.7 Å². The average Bonchev–Trinajstić information content (AvgIpc) is 2.87. The average molecular weight is 440 g/mol. The Balaban J connectivity index is 1.71. The van der Waals surface area contributed by atoms with Crippen molar-refractivity contribution in [2.75, 3.05) is 0 Å². The van der Waals surface area contributed by atoms with Gasteiger partial charge in [-0.05, 0) is 63.5 Å². The predicted molar refractivity (Wildman–Crippen MR) is 140 cm³/mol. The molecule has 0 N–H and O–H groups in total. The number of hydrogen-bond acceptors (Lipinski definition) is 2. The summed E-state index contributed by atoms with van der Waals surface area (Å²) in [5, 5.41) is 5.79. The highest BCUT2D eigenvalue weighted by Gasteiger charge is 2.24. The van der Waals surface area contributed by atoms with E-state index in [9.17, 15) is 9.59 Å². The number of allylic oxidation sites excluding steroid dienone is 2. The van der Waals surface area contributed by atoms with E-state index in [1.165, 1.54) is 15.2 Å². The lowest BCUT2D eigenvalue weighted by Gasteiger charge is -2.22. The maximum absolute atomic E-state index is 13.7. The number of nitrogens with zero attached hydrogens (tertiary/aromatic N) is 1. The number of pyridine rings is 2. The lowest BCUT2D eigenvalue weighted by molar-refractivity contribution is 0.866. The summed E-state index contributed by atoms with van der Waals surface area (Å²) >= 11 is 0. The molecule has 1 unspecified atom stereocenters. The molecular formula is C31H21NO2. The topological polar surface area (TPSA) is 38.5 Å². The van der Waals surface area contributed by atoms with Crippen molar-refractivity contribution in [3.8, 4) is 11.1 Å². The van der Waals surface area contributed by atoms with E-state index in [1.807, 2.05) is 31.2 Å². The van der Waals surface area contributed by atoms with Crippen molar-refractivity contribution in [2.45, 2.75) is 19.3 Å². The van der Waals surface area contributed by atoms with Gasteiger partial charge in [-0.2, -0.15) is 0 Å². The normalized spacial score (nSPS) is 15.5. The number of aromatic nitrogens is 1. The fraction of sp³-hybridized carbons (Fsp3) is 0.0968. The van der Waals surface area contributed by atoms with Crippen LogP contribution in [-0.2, 0) is 6.42 Å². The van der Waals surface area contributed by atoms with Gasteiger partial charge >= 0.3 is 0 Å². The minimum Gasteiger partial charge on any atom is -0.269 e. The molecule has 4 aromatic carbocycles. The van der Waals surface area contributed by atoms with Crippen LogP contribution >= 0.6 is 0 Å². The minimum atomic E-state index is -0.235. The molecule has 0 saturated carbocycles. The molecule has 2 heterocycles. The van der Waals surface area contributed by atoms with Crippen LogP contribution in [0.5, 0.6) is 0 Å². The molecule has 6 aromatic rings. The van der Waals surface area contributed by atoms with Gasteiger partial charge in [-0.25, -0.2) is 4.40 Å². The third-order valence-corrected chi connectivity index (χ3v) is 7.35. The molecule has 34 heavy (non-hydrogen) atoms. The van der Waals surface area contributed by atoms with Crippen molar-refractivity contribution < 1.29 is 0 Å². The zero-order valence-electron chi connectivity index (χ0n) is 18.7. The van der Waals surface area contributed by atoms with Crippen LogP contribution in [-0.4, -0.2) is 4.40 Å². The van der Waals surface area contributed by atoms with E-state index in [0.717, 1.165) is 43.9 Å². The zero-order valence-corrected chi connectivity index (χ0v) is 18.7. The molecule has 7 rings (SSSR count). The van der Waals surface area contributed by atoms with Crippen molar-refractivity contribution in [3.05, 3.63) is 123 Å². The minimum absolute atomic E-state index is 0.0258. The summed E-state index contributed by atoms with van der Waals surface area (Å²) in [5.74, 6) is -0.0258. The Morgan fingerprint density at radius 2 is 1.44 bits per heavy atom. The van der Waals surface area contributed by atoms with Crippen LogP contribution in [0.15, 0.2) is 101 Å². The highest BCUT2D eigenvalue weighted by molar-refractivity contribution is 6.14. The molecule has 0 bridgehead atoms. The van der Waals surface area contributed by atoms with Crippen molar-refractivity contribution in [3.63, 3.8) is 0 Å². The Kier molecular flexibility index (Phi) is 3.89. The molecule has 1 aliphatic rings. The third kappa shape index (κ3) is 2.52. The van der Waals surface area contributed by atoms with Crippen LogP contribution in [0.1, 0.15) is 24.0 Å². The molecule has 162 valence electrons. The number of rotatable bonds is 1. The van der Waals surface area contributed by atoms with Gasteiger partial charge in [-0.1, -0.05) is 73.7 Å². The largest absolute Gasteiger partial charge is 0.269 e. The van der Waals surface area contributed by atoms with Crippen molar-refractivity contribution >= 4 is 37.8 Å². The summed E-state index contributed by atoms with van der Waals surface area (Å²) in [4.78, 5) is 27.2. The molecule has 1 aliphatic carbocycles. The molecule has 0 radical (unpaired) electrons. The van der Waals surface area contributed by atoms with Gasteiger partial charge in [0.2, 0.25) is 0 Å². The van der Waals surface area contributed by atoms with E-state index in [-0.39, 0.29) is 17.0 Å². The standard InChI is InChI=1S/C31H21NO2/c1-18-7-6-12-24-27-17-22(21-14-13-19-8-2-3-9-20(19)15-21)16-26-23-10-4-5-11-25(23)30(33)32(29(26)27)31(34)28(18)24/h2-11,13-18H,12H2,1H3. The molecule has 0 fully saturated rings. The van der Waals surface area contributed by atoms with Gasteiger partial charge < -0.3 is 0 Å². The second-order valence-electron chi connectivity index (χ2n) is 9.29. The molecule has 0 saturated heterocycles. The monoisotopic (exact) mass is 439 g/mol. The molecule has 0 spiro atoms. The molecule has 0 amide bonds. The van der Waals surface area contributed by atoms with Gasteiger partial charge in [0, 0.05) is 27.6 Å². The van der Waals surface area contributed by atoms with Crippen LogP contribution in [0.2, 0.25) is 0 Å². The van der Waals surface area contributed by atoms with Gasteiger partial charge in [0.1, 0.15) is 0 Å². The number of fused-ring (bicyclic) bond motifs is 5. The van der Waals surface area contributed by atoms with E-state index in [0.29, 0.717) is 11.8 Å². The van der Waals surface area contributed by atoms with E-state index < -0.39 is 0 Å². The summed E-state index contributed by atoms with van der Waals surface area (Å²) in [6.07, 6.45) is 4.90. The van der Waals surface area contributed by atoms with Gasteiger partial charge in [-0.15, -0.1) is 0 Å². The van der Waals surface area contributed by atoms with E-state index >= 15 is 0 Å². The second-order valence-corrected chi connectivity index (χ2v) is 9.29. The Morgan fingerprint density at radius 3 is 2.29 bits per heavy atom. The first kappa shape index (κ1) is 19.2. The Bertz CT molecular complexity index is 1940. The van der Waals surface area contributed by atoms with E-state index in [4.69, 9.17) is 0 Å². The fourth-order valence-electron chi connectivity index (χ4n) is 5.74. The smallest absolute Gasteiger partial charge is 0.265 e. The lowest BCUT2D eigenvalue weighted by Crippen LogP contribution is -2.32. The van der Waals surface area contributed by atoms with Gasteiger partial charge in [0.15, 0.2) is 0 Å². The van der Waals surface area contributed by atoms with Gasteiger partial charge in [-0.3, -0.25) is 9.59 Å². The summed E-state index contributed by atoms with van der Waals surface area (Å²) in [7, 11) is 0. The van der Waals surface area contributed by atoms with Crippen molar-refractivity contribution in [1.82, 2.24) is 4.40 Å². The summed E-state index contributed by atoms with van der Waals surface area (Å²) < 4.78 is 1.42. The molecular weight excluding hydrogens is 418 g/mol. The third-order valence-electron chi connectivity index (χ3n) is 7.35. The molecule has 0 aliphatic heterocycles. The summed E-state index contributed by atoms with van der Waals surface area (Å²) in [6, 6.07) is 26.8. The van der Waals surface area contributed by atoms with Crippen molar-refractivity contribution in [1.29, 1.82) is 0 Å². The molecule has 2 aromatic heterocycles. The molecule has 1 atom stereocenters. The van der Waals surface area contributed by atoms with Crippen LogP contribution in [0.25, 0.3) is 49.0 Å². The molecule has 3 heteroatoms. The quantitative estimate of drug-likeness (QED) is 0.168. The predicted octanol–water partition coefficient (Wildman–Crippen LogP) is 6.44. The Hall–Kier alpha value is -4.24. The van der Waals surface area contributed by atoms with Gasteiger partial charge in [0.25, 0.3) is 11.1 Å². The highest BCUT2D eigenvalue weighted by Crippen LogP contribution is 2.37. The van der Waals surface area contributed by atoms with Crippen LogP contribution in [0.4, 0.5) is 0 Å². The van der Waals surface area contributed by atoms with Gasteiger partial charge in [0.05, 0.1) is 5.52 Å². The first-order valence-electron chi connectivity index (χ1n) is 11.7. The van der Waals surface area contributed by atoms with Crippen LogP contribution in [0.3, 0.4) is 0 Å². The summed E-state index contributed by atoms with van der Waals surface area (Å²) in [5.41, 5.74) is 4.31.